The highest BCUT2D eigenvalue weighted by Crippen LogP contribution is 2.37. The van der Waals surface area contributed by atoms with Gasteiger partial charge in [0.15, 0.2) is 0 Å². The van der Waals surface area contributed by atoms with Gasteiger partial charge < -0.3 is 20.1 Å². The molecule has 1 atom stereocenters. The lowest BCUT2D eigenvalue weighted by atomic mass is 9.95. The molecule has 5 rings (SSSR count). The number of nitrogens with zero attached hydrogens (tertiary/aromatic N) is 1. The molecule has 8 heteroatoms. The molecule has 4 N–H and O–H groups in total. The summed E-state index contributed by atoms with van der Waals surface area (Å²) in [7, 11) is 1.63. The molecule has 0 bridgehead atoms. The zero-order chi connectivity index (χ0) is 23.4. The van der Waals surface area contributed by atoms with E-state index in [1.165, 1.54) is 4.57 Å². The minimum atomic E-state index is -0.672. The van der Waals surface area contributed by atoms with Crippen molar-refractivity contribution in [2.24, 2.45) is 0 Å². The Morgan fingerprint density at radius 3 is 2.48 bits per heavy atom. The number of fused-ring (bicyclic) bond motifs is 3. The van der Waals surface area contributed by atoms with Gasteiger partial charge in [0, 0.05) is 23.1 Å². The van der Waals surface area contributed by atoms with Crippen LogP contribution in [-0.4, -0.2) is 33.3 Å². The summed E-state index contributed by atoms with van der Waals surface area (Å²) in [5.74, 6) is 0.388. The van der Waals surface area contributed by atoms with Crippen LogP contribution in [-0.2, 0) is 6.42 Å². The topological polar surface area (TPSA) is 112 Å². The Hall–Kier alpha value is -3.78. The maximum atomic E-state index is 13.0. The minimum Gasteiger partial charge on any atom is -0.497 e. The number of hydrogen-bond acceptors (Lipinski definition) is 5. The summed E-state index contributed by atoms with van der Waals surface area (Å²) in [5, 5.41) is 15.7. The maximum Gasteiger partial charge on any atom is 0.335 e. The maximum absolute atomic E-state index is 13.0. The van der Waals surface area contributed by atoms with Crippen molar-refractivity contribution >= 4 is 10.9 Å². The molecule has 170 valence electrons. The van der Waals surface area contributed by atoms with Gasteiger partial charge in [0.25, 0.3) is 5.56 Å². The van der Waals surface area contributed by atoms with Crippen molar-refractivity contribution in [3.8, 4) is 17.3 Å². The molecule has 0 radical (unpaired) electrons. The number of aryl methyl sites for hydroxylation is 3. The lowest BCUT2D eigenvalue weighted by Crippen LogP contribution is -2.39. The van der Waals surface area contributed by atoms with Crippen molar-refractivity contribution in [3.05, 3.63) is 84.7 Å². The highest BCUT2D eigenvalue weighted by atomic mass is 16.5. The normalized spacial score (nSPS) is 15.6. The van der Waals surface area contributed by atoms with E-state index < -0.39 is 17.3 Å². The van der Waals surface area contributed by atoms with Crippen LogP contribution in [0.4, 0.5) is 0 Å². The van der Waals surface area contributed by atoms with E-state index in [0.29, 0.717) is 12.2 Å². The van der Waals surface area contributed by atoms with Crippen molar-refractivity contribution in [1.29, 1.82) is 0 Å². The Kier molecular flexibility index (Phi) is 4.90. The summed E-state index contributed by atoms with van der Waals surface area (Å²) < 4.78 is 6.58. The summed E-state index contributed by atoms with van der Waals surface area (Å²) in [6.07, 6.45) is 0.757. The summed E-state index contributed by atoms with van der Waals surface area (Å²) >= 11 is 0. The van der Waals surface area contributed by atoms with Crippen LogP contribution >= 0.6 is 0 Å². The number of aromatic amines is 2. The SMILES string of the molecule is COc1ccc2[nH]c3c(c2c1)CCN[C@H]3c1c(O)n(-c2c(C)cc(C)cc2C)c(=O)[nH]c1=O. The smallest absolute Gasteiger partial charge is 0.335 e. The number of H-pyrrole nitrogens is 2. The fourth-order valence-electron chi connectivity index (χ4n) is 5.11. The van der Waals surface area contributed by atoms with Crippen LogP contribution in [0.2, 0.25) is 0 Å². The first-order valence-corrected chi connectivity index (χ1v) is 10.9. The molecule has 4 aromatic rings. The van der Waals surface area contributed by atoms with Crippen molar-refractivity contribution in [2.45, 2.75) is 33.2 Å². The molecule has 0 amide bonds. The summed E-state index contributed by atoms with van der Waals surface area (Å²) in [6.45, 7) is 6.35. The molecule has 2 aromatic carbocycles. The number of hydrogen-bond donors (Lipinski definition) is 4. The van der Waals surface area contributed by atoms with Crippen molar-refractivity contribution in [1.82, 2.24) is 19.9 Å². The number of nitrogens with one attached hydrogen (secondary N) is 3. The van der Waals surface area contributed by atoms with E-state index in [1.807, 2.05) is 51.1 Å². The molecule has 1 aliphatic heterocycles. The molecule has 3 heterocycles. The van der Waals surface area contributed by atoms with E-state index in [1.54, 1.807) is 7.11 Å². The van der Waals surface area contributed by atoms with Gasteiger partial charge in [-0.15, -0.1) is 0 Å². The first kappa shape index (κ1) is 21.1. The molecule has 0 saturated carbocycles. The van der Waals surface area contributed by atoms with E-state index in [2.05, 4.69) is 15.3 Å². The van der Waals surface area contributed by atoms with Crippen LogP contribution in [0.1, 0.15) is 39.6 Å². The zero-order valence-corrected chi connectivity index (χ0v) is 19.0. The molecule has 33 heavy (non-hydrogen) atoms. The highest BCUT2D eigenvalue weighted by molar-refractivity contribution is 5.86. The monoisotopic (exact) mass is 446 g/mol. The number of aromatic nitrogens is 3. The molecular weight excluding hydrogens is 420 g/mol. The van der Waals surface area contributed by atoms with Gasteiger partial charge in [0.1, 0.15) is 11.3 Å². The van der Waals surface area contributed by atoms with Crippen molar-refractivity contribution < 1.29 is 9.84 Å². The average molecular weight is 447 g/mol. The second kappa shape index (κ2) is 7.67. The highest BCUT2D eigenvalue weighted by Gasteiger charge is 2.31. The molecule has 0 unspecified atom stereocenters. The Balaban J connectivity index is 1.75. The molecule has 1 aliphatic rings. The lowest BCUT2D eigenvalue weighted by molar-refractivity contribution is 0.409. The van der Waals surface area contributed by atoms with Crippen LogP contribution in [0.5, 0.6) is 11.6 Å². The summed E-state index contributed by atoms with van der Waals surface area (Å²) in [6, 6.07) is 9.07. The van der Waals surface area contributed by atoms with Crippen molar-refractivity contribution in [3.63, 3.8) is 0 Å². The van der Waals surface area contributed by atoms with Crippen LogP contribution in [0.15, 0.2) is 39.9 Å². The van der Waals surface area contributed by atoms with Gasteiger partial charge in [-0.25, -0.2) is 9.36 Å². The molecular formula is C25H26N4O4. The third-order valence-corrected chi connectivity index (χ3v) is 6.43. The Bertz CT molecular complexity index is 1500. The lowest BCUT2D eigenvalue weighted by Gasteiger charge is -2.26. The fourth-order valence-corrected chi connectivity index (χ4v) is 5.11. The average Bonchev–Trinajstić information content (AvgIpc) is 3.13. The van der Waals surface area contributed by atoms with Crippen LogP contribution in [0.3, 0.4) is 0 Å². The number of ether oxygens (including phenoxy) is 1. The quantitative estimate of drug-likeness (QED) is 0.387. The zero-order valence-electron chi connectivity index (χ0n) is 19.0. The van der Waals surface area contributed by atoms with Gasteiger partial charge in [-0.1, -0.05) is 17.7 Å². The molecule has 2 aromatic heterocycles. The number of rotatable bonds is 3. The van der Waals surface area contributed by atoms with Gasteiger partial charge in [-0.3, -0.25) is 9.78 Å². The minimum absolute atomic E-state index is 0.105. The third kappa shape index (κ3) is 3.25. The predicted octanol–water partition coefficient (Wildman–Crippen LogP) is 2.88. The molecule has 0 spiro atoms. The fraction of sp³-hybridized carbons (Fsp3) is 0.280. The second-order valence-corrected chi connectivity index (χ2v) is 8.65. The Labute approximate surface area is 189 Å². The van der Waals surface area contributed by atoms with E-state index in [-0.39, 0.29) is 11.4 Å². The second-order valence-electron chi connectivity index (χ2n) is 8.65. The largest absolute Gasteiger partial charge is 0.497 e. The molecule has 0 fully saturated rings. The molecule has 8 nitrogen and oxygen atoms in total. The number of methoxy groups -OCH3 is 1. The van der Waals surface area contributed by atoms with Crippen LogP contribution in [0, 0.1) is 20.8 Å². The van der Waals surface area contributed by atoms with E-state index >= 15 is 0 Å². The van der Waals surface area contributed by atoms with Crippen LogP contribution in [0.25, 0.3) is 16.6 Å². The van der Waals surface area contributed by atoms with E-state index in [4.69, 9.17) is 4.74 Å². The van der Waals surface area contributed by atoms with Crippen molar-refractivity contribution in [2.75, 3.05) is 13.7 Å². The third-order valence-electron chi connectivity index (χ3n) is 6.43. The Morgan fingerprint density at radius 2 is 1.79 bits per heavy atom. The van der Waals surface area contributed by atoms with E-state index in [0.717, 1.165) is 51.0 Å². The number of aromatic hydroxyl groups is 1. The Morgan fingerprint density at radius 1 is 1.06 bits per heavy atom. The molecule has 0 aliphatic carbocycles. The predicted molar refractivity (Wildman–Crippen MR) is 127 cm³/mol. The molecule has 0 saturated heterocycles. The first-order chi connectivity index (χ1) is 15.8. The van der Waals surface area contributed by atoms with Gasteiger partial charge >= 0.3 is 5.69 Å². The summed E-state index contributed by atoms with van der Waals surface area (Å²) in [4.78, 5) is 31.7. The standard InChI is InChI=1S/C25H26N4O4/c1-12-9-13(2)22(14(3)10-12)29-24(31)19(23(30)28-25(29)32)21-20-16(7-8-26-21)17-11-15(33-4)5-6-18(17)27-20/h5-6,9-11,21,26-27,31H,7-8H2,1-4H3,(H,28,30,32)/t21-/m0/s1. The number of benzene rings is 2. The van der Waals surface area contributed by atoms with E-state index in [9.17, 15) is 14.7 Å². The van der Waals surface area contributed by atoms with Crippen LogP contribution < -0.4 is 21.3 Å². The van der Waals surface area contributed by atoms with Gasteiger partial charge in [-0.05, 0) is 62.1 Å². The first-order valence-electron chi connectivity index (χ1n) is 10.9. The van der Waals surface area contributed by atoms with Gasteiger partial charge in [0.2, 0.25) is 5.88 Å². The summed E-state index contributed by atoms with van der Waals surface area (Å²) in [5.41, 5.74) is 4.88. The van der Waals surface area contributed by atoms with Gasteiger partial charge in [0.05, 0.1) is 18.8 Å². The van der Waals surface area contributed by atoms with Gasteiger partial charge in [-0.2, -0.15) is 0 Å².